The van der Waals surface area contributed by atoms with Gasteiger partial charge in [0, 0.05) is 17.7 Å². The van der Waals surface area contributed by atoms with Crippen LogP contribution in [0.5, 0.6) is 11.5 Å². The number of methoxy groups -OCH3 is 1. The predicted molar refractivity (Wildman–Crippen MR) is 60.2 cm³/mol. The van der Waals surface area contributed by atoms with Gasteiger partial charge in [-0.05, 0) is 19.1 Å². The summed E-state index contributed by atoms with van der Waals surface area (Å²) in [6.45, 7) is 2.34. The summed E-state index contributed by atoms with van der Waals surface area (Å²) in [5, 5.41) is 10.2. The van der Waals surface area contributed by atoms with Crippen molar-refractivity contribution in [2.75, 3.05) is 13.7 Å². The first-order chi connectivity index (χ1) is 7.67. The highest BCUT2D eigenvalue weighted by molar-refractivity contribution is 5.58. The van der Waals surface area contributed by atoms with Crippen molar-refractivity contribution in [1.82, 2.24) is 0 Å². The largest absolute Gasteiger partial charge is 0.497 e. The molecule has 5 nitrogen and oxygen atoms in total. The summed E-state index contributed by atoms with van der Waals surface area (Å²) in [6.07, 6.45) is 2.27. The topological polar surface area (TPSA) is 61.6 Å². The van der Waals surface area contributed by atoms with Crippen LogP contribution >= 0.6 is 0 Å². The number of ether oxygens (including phenoxy) is 2. The van der Waals surface area contributed by atoms with Gasteiger partial charge in [-0.2, -0.15) is 0 Å². The fraction of sp³-hybridized carbons (Fsp3) is 0.273. The minimum Gasteiger partial charge on any atom is -0.497 e. The summed E-state index contributed by atoms with van der Waals surface area (Å²) in [4.78, 5) is 9.70. The van der Waals surface area contributed by atoms with E-state index >= 15 is 0 Å². The van der Waals surface area contributed by atoms with Gasteiger partial charge in [-0.3, -0.25) is 10.1 Å². The minimum atomic E-state index is -0.514. The molecule has 1 rings (SSSR count). The first-order valence-electron chi connectivity index (χ1n) is 4.80. The van der Waals surface area contributed by atoms with Gasteiger partial charge in [-0.25, -0.2) is 0 Å². The molecular weight excluding hydrogens is 210 g/mol. The van der Waals surface area contributed by atoms with E-state index in [1.165, 1.54) is 6.08 Å². The molecular formula is C11H13NO4. The molecule has 1 aromatic carbocycles. The lowest BCUT2D eigenvalue weighted by atomic mass is 10.2. The molecule has 16 heavy (non-hydrogen) atoms. The van der Waals surface area contributed by atoms with Crippen molar-refractivity contribution in [1.29, 1.82) is 0 Å². The zero-order valence-electron chi connectivity index (χ0n) is 9.17. The monoisotopic (exact) mass is 223 g/mol. The van der Waals surface area contributed by atoms with E-state index in [-0.39, 0.29) is 0 Å². The second-order valence-corrected chi connectivity index (χ2v) is 2.94. The highest BCUT2D eigenvalue weighted by Crippen LogP contribution is 2.25. The summed E-state index contributed by atoms with van der Waals surface area (Å²) in [7, 11) is 1.55. The van der Waals surface area contributed by atoms with Gasteiger partial charge in [-0.1, -0.05) is 0 Å². The number of nitro groups is 1. The maximum absolute atomic E-state index is 10.2. The van der Waals surface area contributed by atoms with Gasteiger partial charge in [0.05, 0.1) is 18.6 Å². The van der Waals surface area contributed by atoms with Crippen LogP contribution in [0.15, 0.2) is 24.4 Å². The molecule has 0 N–H and O–H groups in total. The Bertz CT molecular complexity index is 401. The van der Waals surface area contributed by atoms with Crippen LogP contribution in [-0.2, 0) is 0 Å². The molecule has 0 bridgehead atoms. The van der Waals surface area contributed by atoms with Gasteiger partial charge in [0.15, 0.2) is 0 Å². The van der Waals surface area contributed by atoms with E-state index in [4.69, 9.17) is 9.47 Å². The van der Waals surface area contributed by atoms with Crippen LogP contribution in [0.4, 0.5) is 0 Å². The molecule has 0 radical (unpaired) electrons. The van der Waals surface area contributed by atoms with E-state index in [0.29, 0.717) is 23.7 Å². The average molecular weight is 223 g/mol. The molecule has 0 aliphatic rings. The molecule has 1 aromatic rings. The fourth-order valence-corrected chi connectivity index (χ4v) is 1.20. The van der Waals surface area contributed by atoms with Gasteiger partial charge < -0.3 is 9.47 Å². The Kier molecular flexibility index (Phi) is 4.32. The smallest absolute Gasteiger partial charge is 0.235 e. The molecule has 0 unspecified atom stereocenters. The van der Waals surface area contributed by atoms with Gasteiger partial charge in [0.25, 0.3) is 0 Å². The molecule has 0 amide bonds. The number of hydrogen-bond acceptors (Lipinski definition) is 4. The molecule has 0 aromatic heterocycles. The Hall–Kier alpha value is -2.04. The van der Waals surface area contributed by atoms with Crippen LogP contribution in [-0.4, -0.2) is 18.6 Å². The van der Waals surface area contributed by atoms with Gasteiger partial charge in [-0.15, -0.1) is 0 Å². The Labute approximate surface area is 93.4 Å². The zero-order valence-corrected chi connectivity index (χ0v) is 9.17. The lowest BCUT2D eigenvalue weighted by Gasteiger charge is -2.08. The molecule has 0 saturated carbocycles. The van der Waals surface area contributed by atoms with Crippen LogP contribution in [0.1, 0.15) is 12.5 Å². The summed E-state index contributed by atoms with van der Waals surface area (Å²) in [6, 6.07) is 5.13. The highest BCUT2D eigenvalue weighted by Gasteiger charge is 2.03. The molecule has 0 heterocycles. The molecule has 0 spiro atoms. The Morgan fingerprint density at radius 1 is 1.50 bits per heavy atom. The van der Waals surface area contributed by atoms with Crippen LogP contribution in [0, 0.1) is 10.1 Å². The Morgan fingerprint density at radius 2 is 2.25 bits per heavy atom. The number of hydrogen-bond donors (Lipinski definition) is 0. The SMILES string of the molecule is CCOc1cc(OC)ccc1/C=C/[N+](=O)[O-]. The molecule has 0 aliphatic heterocycles. The van der Waals surface area contributed by atoms with Crippen molar-refractivity contribution in [2.24, 2.45) is 0 Å². The summed E-state index contributed by atoms with van der Waals surface area (Å²) < 4.78 is 10.4. The third-order valence-corrected chi connectivity index (χ3v) is 1.90. The predicted octanol–water partition coefficient (Wildman–Crippen LogP) is 2.34. The van der Waals surface area contributed by atoms with Crippen molar-refractivity contribution in [2.45, 2.75) is 6.92 Å². The van der Waals surface area contributed by atoms with Crippen molar-refractivity contribution < 1.29 is 14.4 Å². The Balaban J connectivity index is 3.02. The van der Waals surface area contributed by atoms with Crippen LogP contribution in [0.2, 0.25) is 0 Å². The van der Waals surface area contributed by atoms with Crippen molar-refractivity contribution in [3.63, 3.8) is 0 Å². The van der Waals surface area contributed by atoms with Crippen LogP contribution < -0.4 is 9.47 Å². The number of rotatable bonds is 5. The van der Waals surface area contributed by atoms with E-state index in [2.05, 4.69) is 0 Å². The van der Waals surface area contributed by atoms with E-state index in [1.807, 2.05) is 6.92 Å². The first-order valence-corrected chi connectivity index (χ1v) is 4.80. The minimum absolute atomic E-state index is 0.493. The third kappa shape index (κ3) is 3.27. The average Bonchev–Trinajstić information content (AvgIpc) is 2.27. The van der Waals surface area contributed by atoms with Crippen LogP contribution in [0.3, 0.4) is 0 Å². The molecule has 0 saturated heterocycles. The zero-order chi connectivity index (χ0) is 12.0. The van der Waals surface area contributed by atoms with Crippen molar-refractivity contribution >= 4 is 6.08 Å². The maximum atomic E-state index is 10.2. The molecule has 86 valence electrons. The highest BCUT2D eigenvalue weighted by atomic mass is 16.6. The molecule has 0 atom stereocenters. The van der Waals surface area contributed by atoms with Crippen molar-refractivity contribution in [3.8, 4) is 11.5 Å². The maximum Gasteiger partial charge on any atom is 0.235 e. The molecule has 0 fully saturated rings. The van der Waals surface area contributed by atoms with Gasteiger partial charge >= 0.3 is 0 Å². The van der Waals surface area contributed by atoms with Gasteiger partial charge in [0.2, 0.25) is 6.20 Å². The molecule has 0 aliphatic carbocycles. The van der Waals surface area contributed by atoms with E-state index in [0.717, 1.165) is 6.20 Å². The third-order valence-electron chi connectivity index (χ3n) is 1.90. The van der Waals surface area contributed by atoms with Crippen molar-refractivity contribution in [3.05, 3.63) is 40.1 Å². The van der Waals surface area contributed by atoms with Gasteiger partial charge in [0.1, 0.15) is 11.5 Å². The first kappa shape index (κ1) is 12.0. The number of benzene rings is 1. The lowest BCUT2D eigenvalue weighted by Crippen LogP contribution is -1.95. The fourth-order valence-electron chi connectivity index (χ4n) is 1.20. The normalized spacial score (nSPS) is 10.4. The molecule has 5 heteroatoms. The second kappa shape index (κ2) is 5.75. The van der Waals surface area contributed by atoms with E-state index in [9.17, 15) is 10.1 Å². The van der Waals surface area contributed by atoms with Crippen LogP contribution in [0.25, 0.3) is 6.08 Å². The quantitative estimate of drug-likeness (QED) is 0.567. The van der Waals surface area contributed by atoms with E-state index in [1.54, 1.807) is 25.3 Å². The Morgan fingerprint density at radius 3 is 2.81 bits per heavy atom. The lowest BCUT2D eigenvalue weighted by molar-refractivity contribution is -0.400. The number of nitrogens with zero attached hydrogens (tertiary/aromatic N) is 1. The second-order valence-electron chi connectivity index (χ2n) is 2.94. The standard InChI is InChI=1S/C11H13NO4/c1-3-16-11-8-10(15-2)5-4-9(11)6-7-12(13)14/h4-8H,3H2,1-2H3/b7-6+. The summed E-state index contributed by atoms with van der Waals surface area (Å²) >= 11 is 0. The summed E-state index contributed by atoms with van der Waals surface area (Å²) in [5.74, 6) is 1.22. The summed E-state index contributed by atoms with van der Waals surface area (Å²) in [5.41, 5.74) is 0.652. The van der Waals surface area contributed by atoms with E-state index < -0.39 is 4.92 Å².